The lowest BCUT2D eigenvalue weighted by molar-refractivity contribution is 0.249. The minimum Gasteiger partial charge on any atom is -0.316 e. The van der Waals surface area contributed by atoms with E-state index >= 15 is 0 Å². The Morgan fingerprint density at radius 2 is 2.09 bits per heavy atom. The molecule has 0 spiro atoms. The van der Waals surface area contributed by atoms with Gasteiger partial charge in [-0.25, -0.2) is 0 Å². The summed E-state index contributed by atoms with van der Waals surface area (Å²) >= 11 is 0. The van der Waals surface area contributed by atoms with Crippen LogP contribution < -0.4 is 5.32 Å². The summed E-state index contributed by atoms with van der Waals surface area (Å²) in [6.45, 7) is 4.93. The second-order valence-electron chi connectivity index (χ2n) is 4.41. The highest BCUT2D eigenvalue weighted by molar-refractivity contribution is 4.82. The van der Waals surface area contributed by atoms with Gasteiger partial charge in [-0.2, -0.15) is 0 Å². The third-order valence-corrected chi connectivity index (χ3v) is 3.30. The van der Waals surface area contributed by atoms with Gasteiger partial charge in [-0.05, 0) is 43.7 Å². The van der Waals surface area contributed by atoms with E-state index in [4.69, 9.17) is 0 Å². The van der Waals surface area contributed by atoms with E-state index in [0.29, 0.717) is 0 Å². The molecule has 1 saturated heterocycles. The number of piperidine rings is 1. The van der Waals surface area contributed by atoms with Gasteiger partial charge < -0.3 is 5.32 Å². The summed E-state index contributed by atoms with van der Waals surface area (Å²) in [7, 11) is 0. The number of hydrogen-bond donors (Lipinski definition) is 1. The highest BCUT2D eigenvalue weighted by Crippen LogP contribution is 2.38. The second-order valence-corrected chi connectivity index (χ2v) is 4.41. The van der Waals surface area contributed by atoms with Gasteiger partial charge in [0.1, 0.15) is 0 Å². The minimum atomic E-state index is 0.935. The first-order valence-electron chi connectivity index (χ1n) is 5.07. The molecule has 1 aliphatic heterocycles. The lowest BCUT2D eigenvalue weighted by Crippen LogP contribution is -2.35. The molecule has 0 aromatic carbocycles. The van der Waals surface area contributed by atoms with Crippen molar-refractivity contribution in [2.75, 3.05) is 13.1 Å². The Kier molecular flexibility index (Phi) is 2.17. The topological polar surface area (TPSA) is 12.0 Å². The Hall–Kier alpha value is -0.0400. The van der Waals surface area contributed by atoms with Crippen molar-refractivity contribution in [3.8, 4) is 0 Å². The first-order chi connectivity index (χ1) is 5.36. The van der Waals surface area contributed by atoms with Crippen LogP contribution in [0.15, 0.2) is 0 Å². The van der Waals surface area contributed by atoms with Crippen LogP contribution in [0.3, 0.4) is 0 Å². The van der Waals surface area contributed by atoms with Crippen LogP contribution >= 0.6 is 0 Å². The fourth-order valence-electron chi connectivity index (χ4n) is 2.20. The molecule has 2 aliphatic rings. The first-order valence-corrected chi connectivity index (χ1v) is 5.07. The average Bonchev–Trinajstić information content (AvgIpc) is 2.78. The van der Waals surface area contributed by atoms with Gasteiger partial charge in [0.25, 0.3) is 0 Å². The molecule has 1 aliphatic carbocycles. The molecule has 2 fully saturated rings. The molecule has 1 nitrogen and oxygen atoms in total. The van der Waals surface area contributed by atoms with Crippen LogP contribution in [0.1, 0.15) is 32.6 Å². The van der Waals surface area contributed by atoms with Gasteiger partial charge in [0.05, 0.1) is 0 Å². The van der Waals surface area contributed by atoms with Crippen molar-refractivity contribution in [1.29, 1.82) is 0 Å². The predicted molar refractivity (Wildman–Crippen MR) is 47.5 cm³/mol. The highest BCUT2D eigenvalue weighted by atomic mass is 14.9. The van der Waals surface area contributed by atoms with Crippen LogP contribution in [0.4, 0.5) is 0 Å². The van der Waals surface area contributed by atoms with Crippen LogP contribution in [0, 0.1) is 17.8 Å². The summed E-state index contributed by atoms with van der Waals surface area (Å²) in [6.07, 6.45) is 6.01. The number of hydrogen-bond acceptors (Lipinski definition) is 1. The van der Waals surface area contributed by atoms with Crippen molar-refractivity contribution < 1.29 is 0 Å². The Labute approximate surface area is 69.6 Å². The molecule has 1 heteroatoms. The maximum atomic E-state index is 3.46. The normalized spacial score (nSPS) is 39.0. The lowest BCUT2D eigenvalue weighted by atomic mass is 9.84. The van der Waals surface area contributed by atoms with E-state index in [1.165, 1.54) is 38.8 Å². The fraction of sp³-hybridized carbons (Fsp3) is 1.00. The molecule has 2 atom stereocenters. The number of rotatable bonds is 2. The molecular formula is C10H19N. The summed E-state index contributed by atoms with van der Waals surface area (Å²) in [6, 6.07) is 0. The van der Waals surface area contributed by atoms with Gasteiger partial charge in [0.2, 0.25) is 0 Å². The molecule has 11 heavy (non-hydrogen) atoms. The molecule has 2 rings (SSSR count). The van der Waals surface area contributed by atoms with Gasteiger partial charge in [0.15, 0.2) is 0 Å². The molecule has 1 N–H and O–H groups in total. The molecule has 0 bridgehead atoms. The van der Waals surface area contributed by atoms with Crippen molar-refractivity contribution in [1.82, 2.24) is 5.32 Å². The van der Waals surface area contributed by atoms with Crippen LogP contribution in [-0.2, 0) is 0 Å². The Bertz CT molecular complexity index is 129. The van der Waals surface area contributed by atoms with Gasteiger partial charge >= 0.3 is 0 Å². The predicted octanol–water partition coefficient (Wildman–Crippen LogP) is 2.03. The lowest BCUT2D eigenvalue weighted by Gasteiger charge is -2.29. The molecule has 1 saturated carbocycles. The van der Waals surface area contributed by atoms with Gasteiger partial charge in [-0.15, -0.1) is 0 Å². The Morgan fingerprint density at radius 1 is 1.27 bits per heavy atom. The summed E-state index contributed by atoms with van der Waals surface area (Å²) in [4.78, 5) is 0. The minimum absolute atomic E-state index is 0.935. The maximum absolute atomic E-state index is 3.46. The maximum Gasteiger partial charge on any atom is -0.00205 e. The second kappa shape index (κ2) is 3.14. The molecule has 0 amide bonds. The Balaban J connectivity index is 1.78. The molecule has 1 heterocycles. The van der Waals surface area contributed by atoms with E-state index in [0.717, 1.165) is 17.8 Å². The smallest absolute Gasteiger partial charge is 0.00205 e. The van der Waals surface area contributed by atoms with Crippen LogP contribution in [0.2, 0.25) is 0 Å². The zero-order chi connectivity index (χ0) is 7.68. The molecule has 64 valence electrons. The van der Waals surface area contributed by atoms with Crippen molar-refractivity contribution >= 4 is 0 Å². The summed E-state index contributed by atoms with van der Waals surface area (Å²) in [5, 5.41) is 3.46. The van der Waals surface area contributed by atoms with Gasteiger partial charge in [-0.3, -0.25) is 0 Å². The van der Waals surface area contributed by atoms with E-state index in [9.17, 15) is 0 Å². The monoisotopic (exact) mass is 153 g/mol. The first kappa shape index (κ1) is 7.60. The van der Waals surface area contributed by atoms with E-state index in [-0.39, 0.29) is 0 Å². The molecule has 0 aromatic rings. The standard InChI is InChI=1S/C10H19N/c1-8-7-11-5-4-10(8)6-9-2-3-9/h8-11H,2-7H2,1H3. The largest absolute Gasteiger partial charge is 0.316 e. The van der Waals surface area contributed by atoms with E-state index in [1.54, 1.807) is 0 Å². The van der Waals surface area contributed by atoms with Gasteiger partial charge in [-0.1, -0.05) is 19.8 Å². The van der Waals surface area contributed by atoms with Crippen LogP contribution in [-0.4, -0.2) is 13.1 Å². The molecule has 0 radical (unpaired) electrons. The van der Waals surface area contributed by atoms with E-state index < -0.39 is 0 Å². The Morgan fingerprint density at radius 3 is 2.73 bits per heavy atom. The van der Waals surface area contributed by atoms with E-state index in [1.807, 2.05) is 0 Å². The zero-order valence-corrected chi connectivity index (χ0v) is 7.47. The third-order valence-electron chi connectivity index (χ3n) is 3.30. The average molecular weight is 153 g/mol. The number of nitrogens with one attached hydrogen (secondary N) is 1. The molecular weight excluding hydrogens is 134 g/mol. The van der Waals surface area contributed by atoms with Crippen molar-refractivity contribution in [3.05, 3.63) is 0 Å². The molecule has 0 aromatic heterocycles. The third kappa shape index (κ3) is 1.96. The van der Waals surface area contributed by atoms with Crippen LogP contribution in [0.5, 0.6) is 0 Å². The van der Waals surface area contributed by atoms with E-state index in [2.05, 4.69) is 12.2 Å². The summed E-state index contributed by atoms with van der Waals surface area (Å²) in [5.41, 5.74) is 0. The zero-order valence-electron chi connectivity index (χ0n) is 7.47. The summed E-state index contributed by atoms with van der Waals surface area (Å²) in [5.74, 6) is 3.11. The highest BCUT2D eigenvalue weighted by Gasteiger charge is 2.29. The van der Waals surface area contributed by atoms with Crippen molar-refractivity contribution in [2.45, 2.75) is 32.6 Å². The summed E-state index contributed by atoms with van der Waals surface area (Å²) < 4.78 is 0. The quantitative estimate of drug-likeness (QED) is 0.640. The SMILES string of the molecule is CC1CNCCC1CC1CC1. The van der Waals surface area contributed by atoms with Crippen LogP contribution in [0.25, 0.3) is 0 Å². The molecule has 2 unspecified atom stereocenters. The van der Waals surface area contributed by atoms with Crippen molar-refractivity contribution in [2.24, 2.45) is 17.8 Å². The fourth-order valence-corrected chi connectivity index (χ4v) is 2.20. The van der Waals surface area contributed by atoms with Gasteiger partial charge in [0, 0.05) is 0 Å². The van der Waals surface area contributed by atoms with Crippen molar-refractivity contribution in [3.63, 3.8) is 0 Å².